The van der Waals surface area contributed by atoms with Crippen LogP contribution in [0.3, 0.4) is 0 Å². The summed E-state index contributed by atoms with van der Waals surface area (Å²) in [4.78, 5) is 31.2. The van der Waals surface area contributed by atoms with E-state index in [1.165, 1.54) is 0 Å². The molecule has 2 aromatic rings. The molecule has 1 aliphatic rings. The lowest BCUT2D eigenvalue weighted by Crippen LogP contribution is -2.34. The number of para-hydroxylation sites is 1. The van der Waals surface area contributed by atoms with Crippen molar-refractivity contribution in [1.82, 2.24) is 10.3 Å². The molecule has 1 aromatic heterocycles. The number of hydrogen-bond acceptors (Lipinski definition) is 4. The highest BCUT2D eigenvalue weighted by atomic mass is 16.2. The summed E-state index contributed by atoms with van der Waals surface area (Å²) in [6, 6.07) is 11.2. The molecule has 0 bridgehead atoms. The molecule has 0 unspecified atom stereocenters. The van der Waals surface area contributed by atoms with Gasteiger partial charge in [-0.3, -0.25) is 9.59 Å². The van der Waals surface area contributed by atoms with E-state index >= 15 is 0 Å². The monoisotopic (exact) mass is 352 g/mol. The number of nitrogens with zero attached hydrogens (tertiary/aromatic N) is 2. The molecule has 3 rings (SSSR count). The Morgan fingerprint density at radius 1 is 1.12 bits per heavy atom. The van der Waals surface area contributed by atoms with Crippen LogP contribution >= 0.6 is 0 Å². The van der Waals surface area contributed by atoms with Crippen molar-refractivity contribution < 1.29 is 9.59 Å². The average molecular weight is 352 g/mol. The van der Waals surface area contributed by atoms with Gasteiger partial charge in [0.2, 0.25) is 5.91 Å². The molecule has 6 nitrogen and oxygen atoms in total. The Labute approximate surface area is 153 Å². The van der Waals surface area contributed by atoms with E-state index in [1.54, 1.807) is 18.3 Å². The number of aryl methyl sites for hydroxylation is 1. The molecular formula is C20H24N4O2. The van der Waals surface area contributed by atoms with Crippen LogP contribution in [0.15, 0.2) is 42.6 Å². The Balaban J connectivity index is 1.61. The molecule has 0 saturated carbocycles. The van der Waals surface area contributed by atoms with Crippen molar-refractivity contribution in [2.45, 2.75) is 26.2 Å². The summed E-state index contributed by atoms with van der Waals surface area (Å²) in [6.07, 6.45) is 4.74. The number of anilines is 2. The Hall–Kier alpha value is -2.89. The van der Waals surface area contributed by atoms with E-state index in [9.17, 15) is 9.59 Å². The molecule has 2 N–H and O–H groups in total. The number of pyridine rings is 1. The van der Waals surface area contributed by atoms with Crippen molar-refractivity contribution in [2.75, 3.05) is 29.9 Å². The zero-order valence-corrected chi connectivity index (χ0v) is 15.0. The van der Waals surface area contributed by atoms with Gasteiger partial charge in [0.1, 0.15) is 5.82 Å². The van der Waals surface area contributed by atoms with E-state index in [0.717, 1.165) is 43.6 Å². The summed E-state index contributed by atoms with van der Waals surface area (Å²) in [5.74, 6) is 0.170. The summed E-state index contributed by atoms with van der Waals surface area (Å²) >= 11 is 0. The molecule has 1 aliphatic heterocycles. The number of nitrogens with one attached hydrogen (secondary N) is 2. The molecule has 0 spiro atoms. The summed E-state index contributed by atoms with van der Waals surface area (Å²) in [5.41, 5.74) is 2.36. The van der Waals surface area contributed by atoms with Crippen LogP contribution in [0.1, 0.15) is 35.7 Å². The lowest BCUT2D eigenvalue weighted by atomic mass is 10.1. The molecule has 0 radical (unpaired) electrons. The molecule has 1 aromatic carbocycles. The maximum Gasteiger partial charge on any atom is 0.255 e. The highest BCUT2D eigenvalue weighted by molar-refractivity contribution is 6.02. The lowest BCUT2D eigenvalue weighted by molar-refractivity contribution is -0.115. The maximum absolute atomic E-state index is 12.5. The third-order valence-corrected chi connectivity index (χ3v) is 4.52. The number of rotatable bonds is 6. The predicted octanol–water partition coefficient (Wildman–Crippen LogP) is 2.61. The smallest absolute Gasteiger partial charge is 0.255 e. The van der Waals surface area contributed by atoms with Gasteiger partial charge in [-0.05, 0) is 43.0 Å². The molecular weight excluding hydrogens is 328 g/mol. The van der Waals surface area contributed by atoms with E-state index in [2.05, 4.69) is 20.5 Å². The first-order valence-electron chi connectivity index (χ1n) is 9.05. The van der Waals surface area contributed by atoms with Crippen LogP contribution < -0.4 is 15.5 Å². The number of carbonyl (C=O) groups excluding carboxylic acids is 2. The number of amides is 2. The lowest BCUT2D eigenvalue weighted by Gasteiger charge is -2.19. The number of hydrogen-bond donors (Lipinski definition) is 2. The fourth-order valence-corrected chi connectivity index (χ4v) is 3.16. The van der Waals surface area contributed by atoms with E-state index in [4.69, 9.17) is 0 Å². The zero-order valence-electron chi connectivity index (χ0n) is 15.0. The van der Waals surface area contributed by atoms with Gasteiger partial charge in [-0.15, -0.1) is 0 Å². The van der Waals surface area contributed by atoms with Crippen molar-refractivity contribution in [3.63, 3.8) is 0 Å². The van der Waals surface area contributed by atoms with Gasteiger partial charge in [0, 0.05) is 25.0 Å². The molecule has 0 atom stereocenters. The summed E-state index contributed by atoms with van der Waals surface area (Å²) in [6.45, 7) is 3.78. The molecule has 6 heteroatoms. The Kier molecular flexibility index (Phi) is 5.84. The molecule has 1 saturated heterocycles. The fourth-order valence-electron chi connectivity index (χ4n) is 3.16. The number of aromatic nitrogens is 1. The van der Waals surface area contributed by atoms with Gasteiger partial charge in [-0.1, -0.05) is 25.1 Å². The number of carbonyl (C=O) groups is 2. The van der Waals surface area contributed by atoms with Crippen LogP contribution in [0.2, 0.25) is 0 Å². The number of benzene rings is 1. The van der Waals surface area contributed by atoms with Crippen LogP contribution in [-0.2, 0) is 11.2 Å². The normalized spacial score (nSPS) is 13.5. The van der Waals surface area contributed by atoms with Gasteiger partial charge in [-0.25, -0.2) is 4.98 Å². The minimum atomic E-state index is -0.279. The largest absolute Gasteiger partial charge is 0.356 e. The molecule has 2 heterocycles. The minimum absolute atomic E-state index is 0.0782. The Bertz CT molecular complexity index is 785. The summed E-state index contributed by atoms with van der Waals surface area (Å²) in [5, 5.41) is 5.56. The maximum atomic E-state index is 12.5. The van der Waals surface area contributed by atoms with Crippen LogP contribution in [0.5, 0.6) is 0 Å². The van der Waals surface area contributed by atoms with Gasteiger partial charge in [0.05, 0.1) is 12.1 Å². The van der Waals surface area contributed by atoms with Crippen LogP contribution in [0, 0.1) is 0 Å². The molecule has 1 fully saturated rings. The first-order valence-corrected chi connectivity index (χ1v) is 9.05. The van der Waals surface area contributed by atoms with Gasteiger partial charge >= 0.3 is 0 Å². The minimum Gasteiger partial charge on any atom is -0.356 e. The second-order valence-corrected chi connectivity index (χ2v) is 6.31. The predicted molar refractivity (Wildman–Crippen MR) is 102 cm³/mol. The van der Waals surface area contributed by atoms with E-state index in [1.807, 2.05) is 31.2 Å². The van der Waals surface area contributed by atoms with Crippen molar-refractivity contribution in [3.8, 4) is 0 Å². The average Bonchev–Trinajstić information content (AvgIpc) is 3.21. The molecule has 136 valence electrons. The van der Waals surface area contributed by atoms with Crippen molar-refractivity contribution in [2.24, 2.45) is 0 Å². The summed E-state index contributed by atoms with van der Waals surface area (Å²) < 4.78 is 0. The van der Waals surface area contributed by atoms with Gasteiger partial charge < -0.3 is 15.5 Å². The second kappa shape index (κ2) is 8.47. The molecule has 2 amide bonds. The quantitative estimate of drug-likeness (QED) is 0.838. The van der Waals surface area contributed by atoms with Gasteiger partial charge in [0.15, 0.2) is 0 Å². The van der Waals surface area contributed by atoms with E-state index in [0.29, 0.717) is 11.4 Å². The topological polar surface area (TPSA) is 74.3 Å². The fraction of sp³-hybridized carbons (Fsp3) is 0.350. The standard InChI is InChI=1S/C20H24N4O2/c1-2-15-8-3-4-10-17(15)23-18(25)14-22-20(26)16-9-7-11-21-19(16)24-12-5-6-13-24/h3-4,7-11H,2,5-6,12-14H2,1H3,(H,22,26)(H,23,25). The first-order chi connectivity index (χ1) is 12.7. The highest BCUT2D eigenvalue weighted by Gasteiger charge is 2.20. The van der Waals surface area contributed by atoms with Crippen molar-refractivity contribution in [3.05, 3.63) is 53.7 Å². The van der Waals surface area contributed by atoms with Gasteiger partial charge in [0.25, 0.3) is 5.91 Å². The van der Waals surface area contributed by atoms with E-state index in [-0.39, 0.29) is 18.4 Å². The van der Waals surface area contributed by atoms with Crippen LogP contribution in [-0.4, -0.2) is 36.4 Å². The van der Waals surface area contributed by atoms with Crippen LogP contribution in [0.4, 0.5) is 11.5 Å². The summed E-state index contributed by atoms with van der Waals surface area (Å²) in [7, 11) is 0. The Morgan fingerprint density at radius 3 is 2.65 bits per heavy atom. The SMILES string of the molecule is CCc1ccccc1NC(=O)CNC(=O)c1cccnc1N1CCCC1. The molecule has 0 aliphatic carbocycles. The zero-order chi connectivity index (χ0) is 18.4. The third kappa shape index (κ3) is 4.20. The first kappa shape index (κ1) is 17.9. The van der Waals surface area contributed by atoms with Gasteiger partial charge in [-0.2, -0.15) is 0 Å². The third-order valence-electron chi connectivity index (χ3n) is 4.52. The van der Waals surface area contributed by atoms with E-state index < -0.39 is 0 Å². The van der Waals surface area contributed by atoms with Crippen LogP contribution in [0.25, 0.3) is 0 Å². The molecule has 26 heavy (non-hydrogen) atoms. The second-order valence-electron chi connectivity index (χ2n) is 6.31. The Morgan fingerprint density at radius 2 is 1.88 bits per heavy atom. The van der Waals surface area contributed by atoms with Crippen molar-refractivity contribution in [1.29, 1.82) is 0 Å². The highest BCUT2D eigenvalue weighted by Crippen LogP contribution is 2.21. The van der Waals surface area contributed by atoms with Crippen molar-refractivity contribution >= 4 is 23.3 Å².